The Bertz CT molecular complexity index is 1410. The second-order valence-corrected chi connectivity index (χ2v) is 10.9. The Kier molecular flexibility index (Phi) is 6.96. The highest BCUT2D eigenvalue weighted by Crippen LogP contribution is 2.25. The lowest BCUT2D eigenvalue weighted by Crippen LogP contribution is -2.42. The normalized spacial score (nSPS) is 17.7. The number of carbonyl (C=O) groups is 2. The number of nitrogens with zero attached hydrogens (tertiary/aromatic N) is 3. The van der Waals surface area contributed by atoms with Crippen molar-refractivity contribution in [1.29, 1.82) is 0 Å². The number of esters is 1. The molecule has 3 aromatic rings. The third kappa shape index (κ3) is 4.82. The maximum absolute atomic E-state index is 13.2. The van der Waals surface area contributed by atoms with E-state index in [0.717, 1.165) is 22.3 Å². The predicted octanol–water partition coefficient (Wildman–Crippen LogP) is 3.08. The molecular formula is C23H24FN3O5S2. The molecule has 0 bridgehead atoms. The van der Waals surface area contributed by atoms with Crippen molar-refractivity contribution in [3.63, 3.8) is 0 Å². The average Bonchev–Trinajstić information content (AvgIpc) is 3.14. The second-order valence-electron chi connectivity index (χ2n) is 7.95. The van der Waals surface area contributed by atoms with E-state index in [2.05, 4.69) is 4.99 Å². The molecule has 180 valence electrons. The van der Waals surface area contributed by atoms with Crippen LogP contribution in [0.1, 0.15) is 30.1 Å². The lowest BCUT2D eigenvalue weighted by Gasteiger charge is -2.30. The highest BCUT2D eigenvalue weighted by atomic mass is 32.2. The summed E-state index contributed by atoms with van der Waals surface area (Å²) in [4.78, 5) is 29.8. The summed E-state index contributed by atoms with van der Waals surface area (Å²) < 4.78 is 48.0. The number of ether oxygens (including phenoxy) is 1. The van der Waals surface area contributed by atoms with E-state index in [1.807, 2.05) is 0 Å². The molecule has 1 amide bonds. The zero-order valence-corrected chi connectivity index (χ0v) is 20.4. The van der Waals surface area contributed by atoms with Crippen LogP contribution in [0.2, 0.25) is 0 Å². The number of piperidine rings is 1. The van der Waals surface area contributed by atoms with E-state index in [0.29, 0.717) is 23.2 Å². The highest BCUT2D eigenvalue weighted by molar-refractivity contribution is 7.89. The van der Waals surface area contributed by atoms with Crippen LogP contribution < -0.4 is 4.80 Å². The van der Waals surface area contributed by atoms with Gasteiger partial charge in [0.2, 0.25) is 10.0 Å². The topological polar surface area (TPSA) is 98.0 Å². The SMILES string of the molecule is CCOC(=O)c1ccc2c(c1)sc(=NC(=O)C1CCCN(S(=O)(=O)c3ccc(F)cc3)C1)n2C. The number of hydrogen-bond acceptors (Lipinski definition) is 6. The minimum atomic E-state index is -3.84. The van der Waals surface area contributed by atoms with Gasteiger partial charge in [-0.3, -0.25) is 4.79 Å². The highest BCUT2D eigenvalue weighted by Gasteiger charge is 2.33. The van der Waals surface area contributed by atoms with Crippen molar-refractivity contribution in [2.75, 3.05) is 19.7 Å². The number of aromatic nitrogens is 1. The van der Waals surface area contributed by atoms with Gasteiger partial charge in [0, 0.05) is 20.1 Å². The van der Waals surface area contributed by atoms with Crippen LogP contribution in [0.3, 0.4) is 0 Å². The van der Waals surface area contributed by atoms with Crippen LogP contribution >= 0.6 is 11.3 Å². The van der Waals surface area contributed by atoms with Crippen molar-refractivity contribution in [2.24, 2.45) is 18.0 Å². The monoisotopic (exact) mass is 505 g/mol. The minimum Gasteiger partial charge on any atom is -0.462 e. The van der Waals surface area contributed by atoms with Gasteiger partial charge < -0.3 is 9.30 Å². The molecule has 0 aliphatic carbocycles. The van der Waals surface area contributed by atoms with Crippen molar-refractivity contribution in [3.05, 3.63) is 58.6 Å². The third-order valence-electron chi connectivity index (χ3n) is 5.71. The summed E-state index contributed by atoms with van der Waals surface area (Å²) in [7, 11) is -2.06. The molecule has 34 heavy (non-hydrogen) atoms. The van der Waals surface area contributed by atoms with Crippen LogP contribution in [-0.2, 0) is 26.6 Å². The summed E-state index contributed by atoms with van der Waals surface area (Å²) in [5.74, 6) is -1.91. The zero-order valence-electron chi connectivity index (χ0n) is 18.7. The molecule has 11 heteroatoms. The fraction of sp³-hybridized carbons (Fsp3) is 0.348. The Hall–Kier alpha value is -2.89. The van der Waals surface area contributed by atoms with E-state index in [4.69, 9.17) is 4.74 Å². The molecule has 0 radical (unpaired) electrons. The van der Waals surface area contributed by atoms with Crippen molar-refractivity contribution in [3.8, 4) is 0 Å². The second kappa shape index (κ2) is 9.77. The molecule has 1 atom stereocenters. The van der Waals surface area contributed by atoms with E-state index < -0.39 is 33.6 Å². The third-order valence-corrected chi connectivity index (χ3v) is 8.69. The van der Waals surface area contributed by atoms with E-state index >= 15 is 0 Å². The predicted molar refractivity (Wildman–Crippen MR) is 125 cm³/mol. The molecule has 1 aliphatic rings. The number of sulfonamides is 1. The van der Waals surface area contributed by atoms with Crippen LogP contribution in [0.5, 0.6) is 0 Å². The lowest BCUT2D eigenvalue weighted by molar-refractivity contribution is -0.122. The molecule has 1 fully saturated rings. The summed E-state index contributed by atoms with van der Waals surface area (Å²) in [6.45, 7) is 2.32. The van der Waals surface area contributed by atoms with Gasteiger partial charge >= 0.3 is 5.97 Å². The molecule has 0 spiro atoms. The van der Waals surface area contributed by atoms with E-state index in [1.54, 1.807) is 36.7 Å². The summed E-state index contributed by atoms with van der Waals surface area (Å²) in [5, 5.41) is 0. The van der Waals surface area contributed by atoms with Gasteiger partial charge in [0.15, 0.2) is 4.80 Å². The smallest absolute Gasteiger partial charge is 0.338 e. The van der Waals surface area contributed by atoms with Gasteiger partial charge in [-0.15, -0.1) is 0 Å². The van der Waals surface area contributed by atoms with Gasteiger partial charge in [-0.05, 0) is 62.2 Å². The molecule has 8 nitrogen and oxygen atoms in total. The first-order valence-corrected chi connectivity index (χ1v) is 13.1. The molecule has 1 aromatic heterocycles. The summed E-state index contributed by atoms with van der Waals surface area (Å²) in [6.07, 6.45) is 1.05. The fourth-order valence-electron chi connectivity index (χ4n) is 3.89. The van der Waals surface area contributed by atoms with Crippen molar-refractivity contribution >= 4 is 43.5 Å². The molecule has 1 saturated heterocycles. The first-order chi connectivity index (χ1) is 16.2. The number of carbonyl (C=O) groups excluding carboxylic acids is 2. The van der Waals surface area contributed by atoms with Gasteiger partial charge in [-0.1, -0.05) is 11.3 Å². The lowest BCUT2D eigenvalue weighted by atomic mass is 9.99. The van der Waals surface area contributed by atoms with Crippen molar-refractivity contribution in [2.45, 2.75) is 24.7 Å². The van der Waals surface area contributed by atoms with Crippen LogP contribution in [0, 0.1) is 11.7 Å². The first-order valence-electron chi connectivity index (χ1n) is 10.8. The Morgan fingerprint density at radius 2 is 1.94 bits per heavy atom. The summed E-state index contributed by atoms with van der Waals surface area (Å²) in [6, 6.07) is 9.80. The number of thiazole rings is 1. The summed E-state index contributed by atoms with van der Waals surface area (Å²) in [5.41, 5.74) is 1.23. The van der Waals surface area contributed by atoms with Crippen LogP contribution in [0.15, 0.2) is 52.4 Å². The molecular weight excluding hydrogens is 481 g/mol. The van der Waals surface area contributed by atoms with Crippen LogP contribution in [0.4, 0.5) is 4.39 Å². The standard InChI is InChI=1S/C23H24FN3O5S2/c1-3-32-22(29)15-6-11-19-20(13-15)33-23(26(19)2)25-21(28)16-5-4-12-27(14-16)34(30,31)18-9-7-17(24)8-10-18/h6-11,13,16H,3-5,12,14H2,1-2H3. The number of benzene rings is 2. The number of fused-ring (bicyclic) bond motifs is 1. The van der Waals surface area contributed by atoms with Crippen molar-refractivity contribution < 1.29 is 27.1 Å². The van der Waals surface area contributed by atoms with Crippen LogP contribution in [0.25, 0.3) is 10.2 Å². The van der Waals surface area contributed by atoms with Gasteiger partial charge in [0.05, 0.1) is 33.2 Å². The van der Waals surface area contributed by atoms with Gasteiger partial charge in [0.1, 0.15) is 5.82 Å². The molecule has 2 heterocycles. The Morgan fingerprint density at radius 1 is 1.21 bits per heavy atom. The molecule has 0 N–H and O–H groups in total. The Labute approximate surface area is 200 Å². The number of aryl methyl sites for hydroxylation is 1. The Balaban J connectivity index is 1.58. The molecule has 2 aromatic carbocycles. The van der Waals surface area contributed by atoms with E-state index in [9.17, 15) is 22.4 Å². The van der Waals surface area contributed by atoms with Gasteiger partial charge in [-0.25, -0.2) is 17.6 Å². The molecule has 4 rings (SSSR count). The number of hydrogen-bond donors (Lipinski definition) is 0. The quantitative estimate of drug-likeness (QED) is 0.497. The zero-order chi connectivity index (χ0) is 24.5. The molecule has 1 unspecified atom stereocenters. The summed E-state index contributed by atoms with van der Waals surface area (Å²) >= 11 is 1.27. The number of rotatable bonds is 5. The van der Waals surface area contributed by atoms with Gasteiger partial charge in [-0.2, -0.15) is 9.30 Å². The molecule has 1 aliphatic heterocycles. The van der Waals surface area contributed by atoms with E-state index in [-0.39, 0.29) is 24.6 Å². The minimum absolute atomic E-state index is 0.00718. The van der Waals surface area contributed by atoms with Crippen molar-refractivity contribution in [1.82, 2.24) is 8.87 Å². The fourth-order valence-corrected chi connectivity index (χ4v) is 6.47. The maximum Gasteiger partial charge on any atom is 0.338 e. The maximum atomic E-state index is 13.2. The van der Waals surface area contributed by atoms with Gasteiger partial charge in [0.25, 0.3) is 5.91 Å². The van der Waals surface area contributed by atoms with E-state index in [1.165, 1.54) is 27.8 Å². The number of amides is 1. The number of halogens is 1. The largest absolute Gasteiger partial charge is 0.462 e. The Morgan fingerprint density at radius 3 is 2.65 bits per heavy atom. The molecule has 0 saturated carbocycles. The van der Waals surface area contributed by atoms with Crippen LogP contribution in [-0.4, -0.2) is 48.9 Å². The average molecular weight is 506 g/mol. The first kappa shape index (κ1) is 24.2.